The second-order valence-corrected chi connectivity index (χ2v) is 39.2. The molecule has 6 nitrogen and oxygen atoms in total. The van der Waals surface area contributed by atoms with E-state index >= 15 is 0 Å². The van der Waals surface area contributed by atoms with Gasteiger partial charge in [0.25, 0.3) is 0 Å². The van der Waals surface area contributed by atoms with Gasteiger partial charge < -0.3 is 27.1 Å². The van der Waals surface area contributed by atoms with Crippen molar-refractivity contribution in [1.29, 1.82) is 0 Å². The number of nitrogens with zero attached hydrogens (tertiary/aromatic N) is 4. The maximum atomic E-state index is 6.41. The second-order valence-electron chi connectivity index (χ2n) is 33.4. The van der Waals surface area contributed by atoms with Crippen LogP contribution in [-0.4, -0.2) is 18.3 Å². The Morgan fingerprint density at radius 1 is 0.182 bits per heavy atom. The van der Waals surface area contributed by atoms with Gasteiger partial charge in [-0.15, -0.1) is 22.7 Å². The normalized spacial score (nSPS) is 11.8. The lowest BCUT2D eigenvalue weighted by atomic mass is 10.0. The molecule has 8 heterocycles. The Morgan fingerprint density at radius 2 is 0.500 bits per heavy atom. The quantitative estimate of drug-likeness (QED) is 0.152. The van der Waals surface area contributed by atoms with Crippen molar-refractivity contribution < 1.29 is 8.83 Å². The lowest BCUT2D eigenvalue weighted by Gasteiger charge is -2.11. The van der Waals surface area contributed by atoms with Crippen molar-refractivity contribution in [3.63, 3.8) is 0 Å². The predicted octanol–water partition coefficient (Wildman–Crippen LogP) is 37.4. The third-order valence-electron chi connectivity index (χ3n) is 25.8. The summed E-state index contributed by atoms with van der Waals surface area (Å²) >= 11 is 18.2. The first kappa shape index (κ1) is 79.7. The number of benzene rings is 20. The highest BCUT2D eigenvalue weighted by Gasteiger charge is 2.24. The summed E-state index contributed by atoms with van der Waals surface area (Å²) in [6.45, 7) is 0. The molecule has 132 heavy (non-hydrogen) atoms. The molecule has 0 radical (unpaired) electrons. The molecule has 0 N–H and O–H groups in total. The molecule has 0 saturated carbocycles. The summed E-state index contributed by atoms with van der Waals surface area (Å²) in [4.78, 5) is 0. The zero-order valence-electron chi connectivity index (χ0n) is 70.5. The van der Waals surface area contributed by atoms with Crippen LogP contribution in [0.1, 0.15) is 0 Å². The smallest absolute Gasteiger partial charge is 0.159 e. The van der Waals surface area contributed by atoms with E-state index in [4.69, 9.17) is 8.83 Å². The van der Waals surface area contributed by atoms with Gasteiger partial charge in [-0.05, 0) is 202 Å². The molecule has 0 aliphatic rings. The van der Waals surface area contributed by atoms with Gasteiger partial charge in [0.15, 0.2) is 5.58 Å². The van der Waals surface area contributed by atoms with Crippen LogP contribution in [0.25, 0.3) is 239 Å². The number of thiophene rings is 2. The first-order chi connectivity index (χ1) is 65.1. The third-order valence-corrected chi connectivity index (χ3v) is 30.1. The summed E-state index contributed by atoms with van der Waals surface area (Å²) in [6, 6.07) is 156. The molecule has 0 aliphatic carbocycles. The van der Waals surface area contributed by atoms with Crippen molar-refractivity contribution in [3.8, 4) is 67.3 Å². The van der Waals surface area contributed by atoms with E-state index in [0.717, 1.165) is 73.1 Å². The van der Waals surface area contributed by atoms with Gasteiger partial charge in [-0.1, -0.05) is 337 Å². The van der Waals surface area contributed by atoms with E-state index < -0.39 is 0 Å². The van der Waals surface area contributed by atoms with Crippen molar-refractivity contribution in [2.75, 3.05) is 0 Å². The molecule has 0 aliphatic heterocycles. The molecule has 0 unspecified atom stereocenters. The summed E-state index contributed by atoms with van der Waals surface area (Å²) in [5, 5.41) is 20.0. The molecular weight excluding hydrogens is 1910 g/mol. The van der Waals surface area contributed by atoms with E-state index in [9.17, 15) is 0 Å². The summed E-state index contributed by atoms with van der Waals surface area (Å²) in [6.07, 6.45) is 0. The minimum Gasteiger partial charge on any atom is -0.456 e. The first-order valence-corrected chi connectivity index (χ1v) is 48.7. The van der Waals surface area contributed by atoms with Crippen LogP contribution < -0.4 is 0 Å². The van der Waals surface area contributed by atoms with Gasteiger partial charge in [-0.2, -0.15) is 0 Å². The fourth-order valence-corrected chi connectivity index (χ4v) is 23.9. The van der Waals surface area contributed by atoms with Crippen LogP contribution in [0, 0.1) is 0 Å². The fourth-order valence-electron chi connectivity index (χ4n) is 19.9. The van der Waals surface area contributed by atoms with Crippen molar-refractivity contribution in [2.24, 2.45) is 0 Å². The van der Waals surface area contributed by atoms with E-state index in [0.29, 0.717) is 0 Å². The lowest BCUT2D eigenvalue weighted by molar-refractivity contribution is 0.666. The Morgan fingerprint density at radius 3 is 0.992 bits per heavy atom. The van der Waals surface area contributed by atoms with Gasteiger partial charge >= 0.3 is 0 Å². The molecule has 0 fully saturated rings. The van der Waals surface area contributed by atoms with E-state index in [2.05, 4.69) is 495 Å². The SMILES string of the molecule is Brc1cccc(-c2ccc3c4ccccc4n(-c4ccc5c(c4)oc4ccccc45)c3c2)c1.Brc1cccc(-c2ccc3c4ccccc4n(-c4cccc5c4oc4ccccc45)c3c2)c1.Brc1cccc(-c2ccc3c4ccccc4n(-c4cccc5c4sc4ccccc45)c3c2)c1.Brc1cccc(-c2ccc3c4ccccc4n(-c4cccc5sc6ccccc6c45)c3c2)c1. The number of hydrogen-bond donors (Lipinski definition) is 0. The fraction of sp³-hybridized carbons (Fsp3) is 0. The third kappa shape index (κ3) is 13.7. The number of halogens is 4. The zero-order chi connectivity index (χ0) is 87.8. The maximum absolute atomic E-state index is 6.41. The van der Waals surface area contributed by atoms with Gasteiger partial charge in [0.1, 0.15) is 16.7 Å². The Hall–Kier alpha value is -14.4. The predicted molar refractivity (Wildman–Crippen MR) is 576 cm³/mol. The average Bonchev–Trinajstić information content (AvgIpc) is 1.58. The Bertz CT molecular complexity index is 9260. The Balaban J connectivity index is 0.0000000945. The Labute approximate surface area is 799 Å². The molecule has 28 rings (SSSR count). The summed E-state index contributed by atoms with van der Waals surface area (Å²) in [5.41, 5.74) is 27.6. The van der Waals surface area contributed by atoms with Crippen LogP contribution in [0.2, 0.25) is 0 Å². The largest absolute Gasteiger partial charge is 0.456 e. The number of aromatic nitrogens is 4. The van der Waals surface area contributed by atoms with Crippen molar-refractivity contribution in [3.05, 3.63) is 455 Å². The van der Waals surface area contributed by atoms with Crippen LogP contribution in [0.3, 0.4) is 0 Å². The van der Waals surface area contributed by atoms with Crippen molar-refractivity contribution in [2.45, 2.75) is 0 Å². The number of fused-ring (bicyclic) bond motifs is 24. The number of furan rings is 2. The molecule has 8 aromatic heterocycles. The molecule has 12 heteroatoms. The molecule has 20 aromatic carbocycles. The lowest BCUT2D eigenvalue weighted by Crippen LogP contribution is -1.94. The van der Waals surface area contributed by atoms with Gasteiger partial charge in [-0.25, -0.2) is 0 Å². The highest BCUT2D eigenvalue weighted by atomic mass is 79.9. The average molecular weight is 1990 g/mol. The molecule has 0 amide bonds. The Kier molecular flexibility index (Phi) is 19.9. The highest BCUT2D eigenvalue weighted by molar-refractivity contribution is 9.11. The maximum Gasteiger partial charge on any atom is 0.159 e. The van der Waals surface area contributed by atoms with Crippen molar-refractivity contribution in [1.82, 2.24) is 18.3 Å². The van der Waals surface area contributed by atoms with Crippen LogP contribution in [0.5, 0.6) is 0 Å². The second kappa shape index (κ2) is 32.9. The monoisotopic (exact) mass is 1980 g/mol. The van der Waals surface area contributed by atoms with Crippen LogP contribution in [-0.2, 0) is 0 Å². The summed E-state index contributed by atoms with van der Waals surface area (Å²) in [5.74, 6) is 0. The number of para-hydroxylation sites is 7. The molecule has 28 aromatic rings. The molecule has 624 valence electrons. The van der Waals surface area contributed by atoms with Gasteiger partial charge in [0.2, 0.25) is 0 Å². The molecular formula is C120H72Br4N4O2S2. The number of hydrogen-bond acceptors (Lipinski definition) is 4. The highest BCUT2D eigenvalue weighted by Crippen LogP contribution is 2.48. The van der Waals surface area contributed by atoms with Gasteiger partial charge in [0.05, 0.1) is 65.9 Å². The molecule has 0 atom stereocenters. The van der Waals surface area contributed by atoms with Crippen LogP contribution in [0.4, 0.5) is 0 Å². The van der Waals surface area contributed by atoms with E-state index in [1.54, 1.807) is 0 Å². The van der Waals surface area contributed by atoms with Crippen molar-refractivity contribution >= 4 is 258 Å². The van der Waals surface area contributed by atoms with Gasteiger partial charge in [0, 0.05) is 130 Å². The summed E-state index contributed by atoms with van der Waals surface area (Å²) < 4.78 is 31.9. The van der Waals surface area contributed by atoms with E-state index in [1.165, 1.54) is 183 Å². The van der Waals surface area contributed by atoms with Gasteiger partial charge in [-0.3, -0.25) is 0 Å². The van der Waals surface area contributed by atoms with Crippen LogP contribution in [0.15, 0.2) is 464 Å². The standard InChI is InChI=1S/2C30H18BrNO.2C30H18BrNS/c31-21-8-5-7-19(17-21)20-15-16-23-22-9-1-3-12-26(22)32(28(23)18-20)27-13-6-11-25-24-10-2-4-14-29(24)33-30(25)27;31-21-7-5-6-19(16-21)20-12-14-24-23-8-1-3-10-27(23)32(28(24)17-20)22-13-15-26-25-9-2-4-11-29(25)33-30(26)18-22;31-21-8-5-7-19(17-21)20-15-16-23-22-9-1-3-12-26(22)32(28(23)18-20)27-13-6-11-25-24-10-2-4-14-29(24)33-30(25)27;31-21-8-5-7-19(17-21)20-15-16-23-22-9-1-3-11-25(22)32(27(23)18-20)26-12-6-14-29-30(26)24-10-2-4-13-28(24)33-29/h4*1-18H. The minimum absolute atomic E-state index is 0.905. The molecule has 0 spiro atoms. The minimum atomic E-state index is 0.905. The summed E-state index contributed by atoms with van der Waals surface area (Å²) in [7, 11) is 0. The molecule has 0 bridgehead atoms. The number of rotatable bonds is 8. The van der Waals surface area contributed by atoms with E-state index in [1.807, 2.05) is 46.9 Å². The topological polar surface area (TPSA) is 46.0 Å². The first-order valence-electron chi connectivity index (χ1n) is 43.9. The molecule has 0 saturated heterocycles. The van der Waals surface area contributed by atoms with E-state index in [-0.39, 0.29) is 0 Å². The van der Waals surface area contributed by atoms with Crippen LogP contribution >= 0.6 is 86.4 Å². The zero-order valence-corrected chi connectivity index (χ0v) is 78.5.